The molecule has 0 spiro atoms. The predicted octanol–water partition coefficient (Wildman–Crippen LogP) is 5.24. The van der Waals surface area contributed by atoms with Crippen molar-refractivity contribution in [3.05, 3.63) is 83.8 Å². The van der Waals surface area contributed by atoms with Crippen LogP contribution in [0, 0.1) is 6.92 Å². The quantitative estimate of drug-likeness (QED) is 0.416. The summed E-state index contributed by atoms with van der Waals surface area (Å²) in [5.74, 6) is 1.36. The number of allylic oxidation sites excluding steroid dienone is 1. The third-order valence-corrected chi connectivity index (χ3v) is 6.43. The van der Waals surface area contributed by atoms with E-state index >= 15 is 0 Å². The van der Waals surface area contributed by atoms with Gasteiger partial charge in [0.25, 0.3) is 5.91 Å². The molecule has 0 aliphatic carbocycles. The molecule has 1 aliphatic heterocycles. The molecule has 0 saturated carbocycles. The molecule has 1 fully saturated rings. The van der Waals surface area contributed by atoms with Gasteiger partial charge in [0.1, 0.15) is 17.2 Å². The first-order chi connectivity index (χ1) is 16.5. The average Bonchev–Trinajstić information content (AvgIpc) is 3.41. The first kappa shape index (κ1) is 21.8. The molecule has 4 aromatic rings. The summed E-state index contributed by atoms with van der Waals surface area (Å²) in [5.41, 5.74) is 10.6. The Balaban J connectivity index is 1.43. The van der Waals surface area contributed by atoms with E-state index in [1.54, 1.807) is 4.52 Å². The number of aromatic nitrogens is 3. The topological polar surface area (TPSA) is 88.7 Å². The van der Waals surface area contributed by atoms with Crippen molar-refractivity contribution >= 4 is 11.6 Å². The number of aryl methyl sites for hydroxylation is 1. The molecule has 0 atom stereocenters. The lowest BCUT2D eigenvalue weighted by Crippen LogP contribution is -2.28. The van der Waals surface area contributed by atoms with Crippen molar-refractivity contribution in [1.82, 2.24) is 19.5 Å². The summed E-state index contributed by atoms with van der Waals surface area (Å²) in [5, 5.41) is 3.21. The van der Waals surface area contributed by atoms with Crippen LogP contribution in [-0.2, 0) is 0 Å². The molecule has 174 valence electrons. The zero-order valence-corrected chi connectivity index (χ0v) is 19.5. The number of imidazole rings is 1. The first-order valence-electron chi connectivity index (χ1n) is 11.6. The van der Waals surface area contributed by atoms with E-state index in [9.17, 15) is 4.79 Å². The van der Waals surface area contributed by atoms with E-state index in [0.29, 0.717) is 23.1 Å². The van der Waals surface area contributed by atoms with E-state index in [1.807, 2.05) is 68.6 Å². The highest BCUT2D eigenvalue weighted by Crippen LogP contribution is 2.34. The lowest BCUT2D eigenvalue weighted by molar-refractivity contribution is 0.0994. The minimum Gasteiger partial charge on any atom is -0.457 e. The summed E-state index contributed by atoms with van der Waals surface area (Å²) in [6.45, 7) is 6.09. The zero-order chi connectivity index (χ0) is 23.7. The largest absolute Gasteiger partial charge is 0.457 e. The molecule has 3 heterocycles. The SMILES string of the molecule is CC=CN1CCC(c2c[nH]n3c(C(N)=O)c(-c4ccc(Oc5ccc(C)cc5)cc4)nc23)CC1. The highest BCUT2D eigenvalue weighted by Gasteiger charge is 2.26. The molecule has 1 saturated heterocycles. The van der Waals surface area contributed by atoms with Gasteiger partial charge in [-0.1, -0.05) is 23.8 Å². The number of primary amides is 1. The second-order valence-corrected chi connectivity index (χ2v) is 8.79. The van der Waals surface area contributed by atoms with Crippen molar-refractivity contribution in [2.24, 2.45) is 5.73 Å². The number of benzene rings is 2. The van der Waals surface area contributed by atoms with Crippen LogP contribution in [0.2, 0.25) is 0 Å². The second kappa shape index (κ2) is 9.09. The first-order valence-corrected chi connectivity index (χ1v) is 11.6. The molecule has 7 nitrogen and oxygen atoms in total. The summed E-state index contributed by atoms with van der Waals surface area (Å²) in [6, 6.07) is 15.5. The molecular weight excluding hydrogens is 426 g/mol. The monoisotopic (exact) mass is 455 g/mol. The Bertz CT molecular complexity index is 1320. The van der Waals surface area contributed by atoms with Crippen molar-refractivity contribution in [1.29, 1.82) is 0 Å². The van der Waals surface area contributed by atoms with Crippen LogP contribution in [0.4, 0.5) is 0 Å². The van der Waals surface area contributed by atoms with E-state index in [-0.39, 0.29) is 0 Å². The third-order valence-electron chi connectivity index (χ3n) is 6.43. The van der Waals surface area contributed by atoms with Crippen LogP contribution in [0.5, 0.6) is 11.5 Å². The smallest absolute Gasteiger partial charge is 0.269 e. The Hall–Kier alpha value is -4.00. The lowest BCUT2D eigenvalue weighted by atomic mass is 9.91. The number of nitrogens with one attached hydrogen (secondary N) is 1. The molecule has 1 aliphatic rings. The van der Waals surface area contributed by atoms with Crippen LogP contribution in [-0.4, -0.2) is 38.5 Å². The number of aromatic amines is 1. The maximum Gasteiger partial charge on any atom is 0.269 e. The van der Waals surface area contributed by atoms with Crippen molar-refractivity contribution in [3.63, 3.8) is 0 Å². The summed E-state index contributed by atoms with van der Waals surface area (Å²) in [4.78, 5) is 19.6. The number of piperidine rings is 1. The number of rotatable bonds is 6. The van der Waals surface area contributed by atoms with Crippen LogP contribution >= 0.6 is 0 Å². The van der Waals surface area contributed by atoms with Crippen LogP contribution in [0.25, 0.3) is 16.9 Å². The summed E-state index contributed by atoms with van der Waals surface area (Å²) < 4.78 is 7.66. The van der Waals surface area contributed by atoms with Crippen molar-refractivity contribution in [2.75, 3.05) is 13.1 Å². The number of carbonyl (C=O) groups is 1. The fraction of sp³-hybridized carbons (Fsp3) is 0.259. The van der Waals surface area contributed by atoms with Gasteiger partial charge in [0.15, 0.2) is 11.3 Å². The van der Waals surface area contributed by atoms with Crippen LogP contribution in [0.15, 0.2) is 67.0 Å². The molecule has 34 heavy (non-hydrogen) atoms. The maximum atomic E-state index is 12.4. The zero-order valence-electron chi connectivity index (χ0n) is 19.5. The molecular formula is C27H29N5O2. The van der Waals surface area contributed by atoms with Gasteiger partial charge in [0, 0.05) is 30.4 Å². The molecule has 0 bridgehead atoms. The van der Waals surface area contributed by atoms with E-state index in [4.69, 9.17) is 15.5 Å². The number of hydrogen-bond donors (Lipinski definition) is 2. The van der Waals surface area contributed by atoms with Gasteiger partial charge in [0.2, 0.25) is 0 Å². The number of carbonyl (C=O) groups excluding carboxylic acids is 1. The second-order valence-electron chi connectivity index (χ2n) is 8.79. The highest BCUT2D eigenvalue weighted by molar-refractivity contribution is 5.98. The van der Waals surface area contributed by atoms with Crippen molar-refractivity contribution in [3.8, 4) is 22.8 Å². The number of nitrogens with zero attached hydrogens (tertiary/aromatic N) is 3. The van der Waals surface area contributed by atoms with Gasteiger partial charge in [-0.3, -0.25) is 9.89 Å². The van der Waals surface area contributed by atoms with E-state index in [2.05, 4.69) is 22.3 Å². The molecule has 3 N–H and O–H groups in total. The fourth-order valence-electron chi connectivity index (χ4n) is 4.66. The normalized spacial score (nSPS) is 14.8. The van der Waals surface area contributed by atoms with Crippen molar-refractivity contribution in [2.45, 2.75) is 32.6 Å². The van der Waals surface area contributed by atoms with Gasteiger partial charge >= 0.3 is 0 Å². The van der Waals surface area contributed by atoms with Gasteiger partial charge in [-0.2, -0.15) is 0 Å². The summed E-state index contributed by atoms with van der Waals surface area (Å²) >= 11 is 0. The molecule has 1 amide bonds. The number of likely N-dealkylation sites (tertiary alicyclic amines) is 1. The third kappa shape index (κ3) is 4.17. The Morgan fingerprint density at radius 2 is 1.74 bits per heavy atom. The highest BCUT2D eigenvalue weighted by atomic mass is 16.5. The molecule has 0 radical (unpaired) electrons. The van der Waals surface area contributed by atoms with Crippen LogP contribution in [0.3, 0.4) is 0 Å². The van der Waals surface area contributed by atoms with Crippen LogP contribution in [0.1, 0.15) is 47.3 Å². The standard InChI is InChI=1S/C27H29N5O2/c1-3-14-31-15-12-19(13-16-31)23-17-29-32-25(26(28)33)24(30-27(23)32)20-6-10-22(11-7-20)34-21-8-4-18(2)5-9-21/h3-11,14,17,19,29H,12-13,15-16H2,1-2H3,(H2,28,33). The number of H-pyrrole nitrogens is 1. The predicted molar refractivity (Wildman–Crippen MR) is 133 cm³/mol. The fourth-order valence-corrected chi connectivity index (χ4v) is 4.66. The molecule has 7 heteroatoms. The van der Waals surface area contributed by atoms with Gasteiger partial charge in [-0.15, -0.1) is 0 Å². The Morgan fingerprint density at radius 1 is 1.09 bits per heavy atom. The van der Waals surface area contributed by atoms with Crippen molar-refractivity contribution < 1.29 is 9.53 Å². The van der Waals surface area contributed by atoms with E-state index < -0.39 is 5.91 Å². The minimum atomic E-state index is -0.515. The molecule has 2 aromatic carbocycles. The Labute approximate surface area is 198 Å². The van der Waals surface area contributed by atoms with Gasteiger partial charge in [-0.25, -0.2) is 9.50 Å². The van der Waals surface area contributed by atoms with E-state index in [1.165, 1.54) is 5.56 Å². The summed E-state index contributed by atoms with van der Waals surface area (Å²) in [6.07, 6.45) is 8.26. The molecule has 2 aromatic heterocycles. The van der Waals surface area contributed by atoms with E-state index in [0.717, 1.165) is 48.5 Å². The minimum absolute atomic E-state index is 0.361. The Morgan fingerprint density at radius 3 is 2.35 bits per heavy atom. The van der Waals surface area contributed by atoms with Gasteiger partial charge in [-0.05, 0) is 75.2 Å². The van der Waals surface area contributed by atoms with Crippen LogP contribution < -0.4 is 10.5 Å². The van der Waals surface area contributed by atoms with Gasteiger partial charge < -0.3 is 15.4 Å². The average molecular weight is 456 g/mol. The number of ether oxygens (including phenoxy) is 1. The van der Waals surface area contributed by atoms with Gasteiger partial charge in [0.05, 0.1) is 0 Å². The molecule has 0 unspecified atom stereocenters. The number of amides is 1. The molecule has 5 rings (SSSR count). The summed E-state index contributed by atoms with van der Waals surface area (Å²) in [7, 11) is 0. The number of nitrogens with two attached hydrogens (primary N) is 1. The lowest BCUT2D eigenvalue weighted by Gasteiger charge is -2.30. The maximum absolute atomic E-state index is 12.4. The number of fused-ring (bicyclic) bond motifs is 1. The number of hydrogen-bond acceptors (Lipinski definition) is 4. The Kier molecular flexibility index (Phi) is 5.84.